The van der Waals surface area contributed by atoms with Gasteiger partial charge in [-0.25, -0.2) is 0 Å². The van der Waals surface area contributed by atoms with Crippen LogP contribution in [0, 0.1) is 0 Å². The van der Waals surface area contributed by atoms with Crippen molar-refractivity contribution in [1.29, 1.82) is 0 Å². The number of esters is 2. The van der Waals surface area contributed by atoms with E-state index >= 15 is 0 Å². The van der Waals surface area contributed by atoms with Gasteiger partial charge in [0.05, 0.1) is 38.9 Å². The van der Waals surface area contributed by atoms with E-state index in [1.54, 1.807) is 0 Å². The van der Waals surface area contributed by atoms with E-state index in [1.165, 1.54) is 0 Å². The Bertz CT molecular complexity index is 1180. The highest BCUT2D eigenvalue weighted by Crippen LogP contribution is 2.62. The van der Waals surface area contributed by atoms with Gasteiger partial charge in [-0.3, -0.25) is 9.59 Å². The zero-order chi connectivity index (χ0) is 43.6. The molecule has 0 radical (unpaired) electrons. The standard InChI is InChI=1S/C22H16F26O4S2/c23-11(24,13(27,28)15(31,32)17(35,36)19(39,40)21(43,44)45)3-5-51-9(49)1-7-53-54-8-2-10(50)52-6-4-12(25,26)14(29,30)16(33,34)18(37,38)20(41,42)22(46,47)48/h1-8H2. The maximum absolute atomic E-state index is 13.7. The first-order valence-electron chi connectivity index (χ1n) is 13.0. The molecule has 0 saturated carbocycles. The maximum Gasteiger partial charge on any atom is 0.460 e. The van der Waals surface area contributed by atoms with E-state index < -0.39 is 134 Å². The molecule has 0 rings (SSSR count). The molecule has 0 aliphatic carbocycles. The smallest absolute Gasteiger partial charge is 0.460 e. The van der Waals surface area contributed by atoms with Crippen molar-refractivity contribution >= 4 is 33.5 Å². The third-order valence-corrected chi connectivity index (χ3v) is 8.63. The third-order valence-electron chi connectivity index (χ3n) is 6.22. The fraction of sp³-hybridized carbons (Fsp3) is 0.909. The molecule has 32 heteroatoms. The molecular weight excluding hydrogens is 886 g/mol. The Balaban J connectivity index is 4.90. The summed E-state index contributed by atoms with van der Waals surface area (Å²) in [5.74, 6) is -80.9. The normalized spacial score (nSPS) is 15.4. The van der Waals surface area contributed by atoms with E-state index in [9.17, 15) is 124 Å². The zero-order valence-electron chi connectivity index (χ0n) is 24.9. The number of carbonyl (C=O) groups is 2. The quantitative estimate of drug-likeness (QED) is 0.0495. The van der Waals surface area contributed by atoms with Crippen molar-refractivity contribution in [2.75, 3.05) is 24.7 Å². The van der Waals surface area contributed by atoms with Crippen LogP contribution < -0.4 is 0 Å². The average Bonchev–Trinajstić information content (AvgIpc) is 2.96. The zero-order valence-corrected chi connectivity index (χ0v) is 26.6. The van der Waals surface area contributed by atoms with E-state index in [0.29, 0.717) is 21.6 Å². The highest BCUT2D eigenvalue weighted by Gasteiger charge is 2.92. The van der Waals surface area contributed by atoms with Crippen LogP contribution in [0.1, 0.15) is 25.7 Å². The summed E-state index contributed by atoms with van der Waals surface area (Å²) >= 11 is 0. The van der Waals surface area contributed by atoms with E-state index in [0.717, 1.165) is 0 Å². The van der Waals surface area contributed by atoms with Crippen molar-refractivity contribution in [1.82, 2.24) is 0 Å². The van der Waals surface area contributed by atoms with Crippen molar-refractivity contribution in [3.05, 3.63) is 0 Å². The Labute approximate surface area is 289 Å². The van der Waals surface area contributed by atoms with Crippen molar-refractivity contribution in [3.8, 4) is 0 Å². The second kappa shape index (κ2) is 16.4. The van der Waals surface area contributed by atoms with Crippen LogP contribution in [0.4, 0.5) is 114 Å². The molecule has 0 aromatic rings. The van der Waals surface area contributed by atoms with Gasteiger partial charge in [0.25, 0.3) is 0 Å². The Hall–Kier alpha value is -2.18. The first-order valence-corrected chi connectivity index (χ1v) is 15.5. The first kappa shape index (κ1) is 51.8. The van der Waals surface area contributed by atoms with Gasteiger partial charge in [0.2, 0.25) is 0 Å². The second-order valence-corrected chi connectivity index (χ2v) is 12.8. The van der Waals surface area contributed by atoms with Gasteiger partial charge in [-0.2, -0.15) is 114 Å². The number of alkyl halides is 26. The third kappa shape index (κ3) is 9.67. The summed E-state index contributed by atoms with van der Waals surface area (Å²) in [6.45, 7) is -4.10. The lowest BCUT2D eigenvalue weighted by Crippen LogP contribution is -2.70. The minimum Gasteiger partial charge on any atom is -0.465 e. The van der Waals surface area contributed by atoms with Crippen LogP contribution in [0.5, 0.6) is 0 Å². The molecule has 0 atom stereocenters. The minimum absolute atomic E-state index is 0.497. The fourth-order valence-electron chi connectivity index (χ4n) is 3.02. The Morgan fingerprint density at radius 2 is 0.574 bits per heavy atom. The molecule has 0 aromatic heterocycles. The lowest BCUT2D eigenvalue weighted by molar-refractivity contribution is -0.440. The molecule has 54 heavy (non-hydrogen) atoms. The largest absolute Gasteiger partial charge is 0.465 e. The molecule has 0 aromatic carbocycles. The summed E-state index contributed by atoms with van der Waals surface area (Å²) in [5.41, 5.74) is 0. The molecule has 4 nitrogen and oxygen atoms in total. The Morgan fingerprint density at radius 3 is 0.796 bits per heavy atom. The van der Waals surface area contributed by atoms with Gasteiger partial charge in [-0.15, -0.1) is 0 Å². The van der Waals surface area contributed by atoms with Gasteiger partial charge >= 0.3 is 83.5 Å². The molecule has 0 spiro atoms. The molecule has 0 amide bonds. The van der Waals surface area contributed by atoms with Gasteiger partial charge in [0.1, 0.15) is 0 Å². The van der Waals surface area contributed by atoms with Crippen LogP contribution in [-0.2, 0) is 19.1 Å². The average molecular weight is 902 g/mol. The lowest BCUT2D eigenvalue weighted by atomic mass is 9.93. The molecule has 0 fully saturated rings. The Morgan fingerprint density at radius 1 is 0.352 bits per heavy atom. The van der Waals surface area contributed by atoms with Crippen LogP contribution in [0.2, 0.25) is 0 Å². The summed E-state index contributed by atoms with van der Waals surface area (Å²) in [4.78, 5) is 22.9. The van der Waals surface area contributed by atoms with E-state index in [1.807, 2.05) is 0 Å². The SMILES string of the molecule is O=C(CCSSCCC(=O)OCCC(F)(F)C(F)(F)C(F)(F)C(F)(F)C(F)(F)C(F)(F)F)OCCC(F)(F)C(F)(F)C(F)(F)C(F)(F)C(F)(F)C(F)(F)F. The first-order chi connectivity index (χ1) is 23.5. The summed E-state index contributed by atoms with van der Waals surface area (Å²) in [5, 5.41) is 0. The van der Waals surface area contributed by atoms with Gasteiger partial charge in [0.15, 0.2) is 0 Å². The number of ether oxygens (including phenoxy) is 2. The van der Waals surface area contributed by atoms with E-state index in [-0.39, 0.29) is 0 Å². The fourth-order valence-corrected chi connectivity index (χ4v) is 4.96. The molecule has 0 unspecified atom stereocenters. The summed E-state index contributed by atoms with van der Waals surface area (Å²) in [6.07, 6.45) is -22.8. The van der Waals surface area contributed by atoms with Crippen molar-refractivity contribution in [3.63, 3.8) is 0 Å². The molecule has 0 aliphatic heterocycles. The molecule has 0 saturated heterocycles. The highest BCUT2D eigenvalue weighted by atomic mass is 33.1. The van der Waals surface area contributed by atoms with E-state index in [2.05, 4.69) is 9.47 Å². The van der Waals surface area contributed by atoms with Gasteiger partial charge < -0.3 is 9.47 Å². The molecule has 0 aliphatic rings. The van der Waals surface area contributed by atoms with E-state index in [4.69, 9.17) is 0 Å². The number of hydrogen-bond donors (Lipinski definition) is 0. The van der Waals surface area contributed by atoms with Gasteiger partial charge in [0, 0.05) is 11.5 Å². The number of hydrogen-bond acceptors (Lipinski definition) is 6. The lowest BCUT2D eigenvalue weighted by Gasteiger charge is -2.39. The van der Waals surface area contributed by atoms with Crippen LogP contribution in [0.3, 0.4) is 0 Å². The van der Waals surface area contributed by atoms with Crippen LogP contribution in [-0.4, -0.2) is 108 Å². The minimum atomic E-state index is -8.14. The Kier molecular flexibility index (Phi) is 15.7. The van der Waals surface area contributed by atoms with Crippen molar-refractivity contribution in [2.45, 2.75) is 97.3 Å². The van der Waals surface area contributed by atoms with Crippen LogP contribution in [0.25, 0.3) is 0 Å². The highest BCUT2D eigenvalue weighted by molar-refractivity contribution is 8.76. The molecule has 0 bridgehead atoms. The monoisotopic (exact) mass is 902 g/mol. The maximum atomic E-state index is 13.7. The second-order valence-electron chi connectivity index (χ2n) is 10.1. The topological polar surface area (TPSA) is 52.6 Å². The van der Waals surface area contributed by atoms with Crippen LogP contribution in [0.15, 0.2) is 0 Å². The number of rotatable bonds is 21. The number of carbonyl (C=O) groups excluding carboxylic acids is 2. The van der Waals surface area contributed by atoms with Crippen molar-refractivity contribution < 1.29 is 133 Å². The predicted octanol–water partition coefficient (Wildman–Crippen LogP) is 10.5. The van der Waals surface area contributed by atoms with Gasteiger partial charge in [-0.1, -0.05) is 21.6 Å². The van der Waals surface area contributed by atoms with Crippen LogP contribution >= 0.6 is 21.6 Å². The van der Waals surface area contributed by atoms with Gasteiger partial charge in [-0.05, 0) is 0 Å². The molecule has 322 valence electrons. The summed E-state index contributed by atoms with van der Waals surface area (Å²) < 4.78 is 347. The summed E-state index contributed by atoms with van der Waals surface area (Å²) in [6, 6.07) is 0. The predicted molar refractivity (Wildman–Crippen MR) is 127 cm³/mol. The number of halogens is 26. The molecule has 0 N–H and O–H groups in total. The summed E-state index contributed by atoms with van der Waals surface area (Å²) in [7, 11) is 0.994. The molecule has 0 heterocycles. The molecular formula is C22H16F26O4S2. The van der Waals surface area contributed by atoms with Crippen molar-refractivity contribution in [2.24, 2.45) is 0 Å².